The minimum atomic E-state index is -0.620. The van der Waals surface area contributed by atoms with E-state index in [2.05, 4.69) is 9.97 Å². The molecule has 0 atom stereocenters. The Bertz CT molecular complexity index is 479. The fourth-order valence-corrected chi connectivity index (χ4v) is 1.71. The summed E-state index contributed by atoms with van der Waals surface area (Å²) in [6, 6.07) is 3.34. The molecule has 0 aliphatic heterocycles. The van der Waals surface area contributed by atoms with Crippen LogP contribution in [0, 0.1) is 0 Å². The molecule has 0 saturated heterocycles. The van der Waals surface area contributed by atoms with E-state index in [-0.39, 0.29) is 5.69 Å². The molecular formula is C10H6N2O2S. The number of aromatic nitrogens is 2. The third-order valence-electron chi connectivity index (χ3n) is 1.75. The minimum absolute atomic E-state index is 0.0795. The number of nitrogens with zero attached hydrogens (tertiary/aromatic N) is 2. The van der Waals surface area contributed by atoms with Crippen LogP contribution in [0.3, 0.4) is 0 Å². The van der Waals surface area contributed by atoms with Gasteiger partial charge >= 0.3 is 0 Å². The number of rotatable bonds is 3. The van der Waals surface area contributed by atoms with Crippen LogP contribution in [-0.4, -0.2) is 21.5 Å². The molecule has 2 rings (SSSR count). The van der Waals surface area contributed by atoms with Crippen LogP contribution in [0.4, 0.5) is 0 Å². The molecule has 0 unspecified atom stereocenters. The maximum absolute atomic E-state index is 11.6. The lowest BCUT2D eigenvalue weighted by molar-refractivity contribution is 0.0816. The maximum atomic E-state index is 11.6. The van der Waals surface area contributed by atoms with Gasteiger partial charge in [0.2, 0.25) is 5.78 Å². The van der Waals surface area contributed by atoms with Crippen molar-refractivity contribution in [1.29, 1.82) is 0 Å². The second-order valence-electron chi connectivity index (χ2n) is 2.73. The summed E-state index contributed by atoms with van der Waals surface area (Å²) in [5.41, 5.74) is 0.0795. The number of hydrogen-bond donors (Lipinski definition) is 0. The van der Waals surface area contributed by atoms with Gasteiger partial charge in [0.25, 0.3) is 5.78 Å². The normalized spacial score (nSPS) is 9.87. The van der Waals surface area contributed by atoms with Crippen molar-refractivity contribution < 1.29 is 9.59 Å². The second kappa shape index (κ2) is 4.10. The molecule has 15 heavy (non-hydrogen) atoms. The van der Waals surface area contributed by atoms with E-state index >= 15 is 0 Å². The Morgan fingerprint density at radius 2 is 2.07 bits per heavy atom. The van der Waals surface area contributed by atoms with Gasteiger partial charge in [0, 0.05) is 12.4 Å². The third kappa shape index (κ3) is 1.97. The van der Waals surface area contributed by atoms with Crippen molar-refractivity contribution in [1.82, 2.24) is 9.97 Å². The molecule has 0 radical (unpaired) electrons. The van der Waals surface area contributed by atoms with Crippen LogP contribution in [0.5, 0.6) is 0 Å². The second-order valence-corrected chi connectivity index (χ2v) is 3.67. The number of ketones is 2. The van der Waals surface area contributed by atoms with Crippen molar-refractivity contribution in [2.45, 2.75) is 0 Å². The first-order valence-electron chi connectivity index (χ1n) is 4.17. The molecule has 0 spiro atoms. The Morgan fingerprint density at radius 1 is 1.20 bits per heavy atom. The molecule has 4 nitrogen and oxygen atoms in total. The highest BCUT2D eigenvalue weighted by Crippen LogP contribution is 2.11. The molecule has 0 N–H and O–H groups in total. The van der Waals surface area contributed by atoms with Crippen molar-refractivity contribution in [3.63, 3.8) is 0 Å². The Morgan fingerprint density at radius 3 is 2.67 bits per heavy atom. The van der Waals surface area contributed by atoms with Gasteiger partial charge in [-0.2, -0.15) is 0 Å². The molecule has 0 fully saturated rings. The summed E-state index contributed by atoms with van der Waals surface area (Å²) in [6.07, 6.45) is 4.12. The van der Waals surface area contributed by atoms with Gasteiger partial charge in [-0.25, -0.2) is 4.98 Å². The Balaban J connectivity index is 2.27. The highest BCUT2D eigenvalue weighted by Gasteiger charge is 2.20. The van der Waals surface area contributed by atoms with Gasteiger partial charge in [-0.1, -0.05) is 6.07 Å². The van der Waals surface area contributed by atoms with Gasteiger partial charge in [-0.15, -0.1) is 11.3 Å². The summed E-state index contributed by atoms with van der Waals surface area (Å²) in [5.74, 6) is -1.16. The monoisotopic (exact) mass is 218 g/mol. The molecule has 74 valence electrons. The predicted octanol–water partition coefficient (Wildman–Crippen LogP) is 1.60. The summed E-state index contributed by atoms with van der Waals surface area (Å²) >= 11 is 1.24. The SMILES string of the molecule is O=C(C(=O)c1cccs1)c1cnccn1. The lowest BCUT2D eigenvalue weighted by Gasteiger charge is -1.95. The fraction of sp³-hybridized carbons (Fsp3) is 0. The Labute approximate surface area is 89.6 Å². The lowest BCUT2D eigenvalue weighted by atomic mass is 10.2. The number of Topliss-reactive ketones (excluding diaryl/α,β-unsaturated/α-hetero) is 2. The first-order chi connectivity index (χ1) is 7.29. The molecule has 2 aromatic rings. The van der Waals surface area contributed by atoms with E-state index in [1.807, 2.05) is 0 Å². The third-order valence-corrected chi connectivity index (χ3v) is 2.62. The first-order valence-corrected chi connectivity index (χ1v) is 5.05. The molecule has 2 aromatic heterocycles. The molecule has 5 heteroatoms. The van der Waals surface area contributed by atoms with Gasteiger partial charge in [0.05, 0.1) is 11.1 Å². The number of carbonyl (C=O) groups is 2. The van der Waals surface area contributed by atoms with E-state index in [9.17, 15) is 9.59 Å². The van der Waals surface area contributed by atoms with E-state index in [0.29, 0.717) is 4.88 Å². The van der Waals surface area contributed by atoms with E-state index in [0.717, 1.165) is 0 Å². The first kappa shape index (κ1) is 9.67. The standard InChI is InChI=1S/C10H6N2O2S/c13-9(7-6-11-3-4-12-7)10(14)8-2-1-5-15-8/h1-6H. The van der Waals surface area contributed by atoms with E-state index in [4.69, 9.17) is 0 Å². The lowest BCUT2D eigenvalue weighted by Crippen LogP contribution is -2.14. The zero-order valence-electron chi connectivity index (χ0n) is 7.58. The van der Waals surface area contributed by atoms with Crippen molar-refractivity contribution in [2.75, 3.05) is 0 Å². The highest BCUT2D eigenvalue weighted by molar-refractivity contribution is 7.13. The van der Waals surface area contributed by atoms with Gasteiger partial charge in [-0.3, -0.25) is 14.6 Å². The summed E-state index contributed by atoms with van der Waals surface area (Å²) < 4.78 is 0. The molecule has 0 aromatic carbocycles. The number of carbonyl (C=O) groups excluding carboxylic acids is 2. The van der Waals surface area contributed by atoms with Gasteiger partial charge in [0.15, 0.2) is 0 Å². The molecule has 2 heterocycles. The Hall–Kier alpha value is -1.88. The summed E-state index contributed by atoms with van der Waals surface area (Å²) in [7, 11) is 0. The van der Waals surface area contributed by atoms with Crippen LogP contribution in [0.2, 0.25) is 0 Å². The van der Waals surface area contributed by atoms with Crippen LogP contribution < -0.4 is 0 Å². The van der Waals surface area contributed by atoms with Crippen molar-refractivity contribution >= 4 is 22.9 Å². The average molecular weight is 218 g/mol. The van der Waals surface area contributed by atoms with Crippen molar-refractivity contribution in [3.05, 3.63) is 46.7 Å². The highest BCUT2D eigenvalue weighted by atomic mass is 32.1. The molecule has 0 aliphatic rings. The van der Waals surface area contributed by atoms with E-state index in [1.54, 1.807) is 17.5 Å². The number of thiophene rings is 1. The fourth-order valence-electron chi connectivity index (χ4n) is 1.05. The molecule has 0 aliphatic carbocycles. The van der Waals surface area contributed by atoms with Crippen LogP contribution in [0.1, 0.15) is 20.2 Å². The minimum Gasteiger partial charge on any atom is -0.284 e. The quantitative estimate of drug-likeness (QED) is 0.580. The van der Waals surface area contributed by atoms with E-state index in [1.165, 1.54) is 29.9 Å². The predicted molar refractivity (Wildman–Crippen MR) is 55.0 cm³/mol. The van der Waals surface area contributed by atoms with Gasteiger partial charge in [0.1, 0.15) is 5.69 Å². The van der Waals surface area contributed by atoms with Crippen LogP contribution >= 0.6 is 11.3 Å². The summed E-state index contributed by atoms with van der Waals surface area (Å²) in [6.45, 7) is 0. The number of hydrogen-bond acceptors (Lipinski definition) is 5. The van der Waals surface area contributed by atoms with Crippen LogP contribution in [0.15, 0.2) is 36.1 Å². The van der Waals surface area contributed by atoms with Gasteiger partial charge < -0.3 is 0 Å². The summed E-state index contributed by atoms with van der Waals surface area (Å²) in [5, 5.41) is 1.75. The zero-order valence-corrected chi connectivity index (χ0v) is 8.40. The molecule has 0 saturated carbocycles. The van der Waals surface area contributed by atoms with Crippen LogP contribution in [-0.2, 0) is 0 Å². The maximum Gasteiger partial charge on any atom is 0.254 e. The topological polar surface area (TPSA) is 59.9 Å². The van der Waals surface area contributed by atoms with Crippen molar-refractivity contribution in [3.8, 4) is 0 Å². The molecule has 0 amide bonds. The smallest absolute Gasteiger partial charge is 0.254 e. The molecular weight excluding hydrogens is 212 g/mol. The average Bonchev–Trinajstić information content (AvgIpc) is 2.82. The largest absolute Gasteiger partial charge is 0.284 e. The molecule has 0 bridgehead atoms. The van der Waals surface area contributed by atoms with Crippen molar-refractivity contribution in [2.24, 2.45) is 0 Å². The Kier molecular flexibility index (Phi) is 2.64. The van der Waals surface area contributed by atoms with Crippen LogP contribution in [0.25, 0.3) is 0 Å². The zero-order chi connectivity index (χ0) is 10.7. The summed E-state index contributed by atoms with van der Waals surface area (Å²) in [4.78, 5) is 31.1. The van der Waals surface area contributed by atoms with Gasteiger partial charge in [-0.05, 0) is 11.4 Å². The van der Waals surface area contributed by atoms with E-state index < -0.39 is 11.6 Å².